The van der Waals surface area contributed by atoms with Gasteiger partial charge in [-0.25, -0.2) is 0 Å². The molecule has 0 unspecified atom stereocenters. The predicted octanol–water partition coefficient (Wildman–Crippen LogP) is 2.26. The quantitative estimate of drug-likeness (QED) is 0.618. The molecule has 0 amide bonds. The SMILES string of the molecule is Cl.[Zr][CH2]C1=CC=CC1. The summed E-state index contributed by atoms with van der Waals surface area (Å²) in [7, 11) is 0. The molecule has 0 spiro atoms. The van der Waals surface area contributed by atoms with E-state index < -0.39 is 0 Å². The molecule has 0 heterocycles. The third kappa shape index (κ3) is 2.28. The third-order valence-electron chi connectivity index (χ3n) is 1.08. The Morgan fingerprint density at radius 1 is 1.62 bits per heavy atom. The monoisotopic (exact) mass is 205 g/mol. The fourth-order valence-corrected chi connectivity index (χ4v) is 1.27. The first-order chi connectivity index (χ1) is 3.43. The van der Waals surface area contributed by atoms with E-state index >= 15 is 0 Å². The molecule has 0 saturated heterocycles. The second-order valence-corrected chi connectivity index (χ2v) is 2.50. The zero-order chi connectivity index (χ0) is 5.11. The molecule has 43 valence electrons. The van der Waals surface area contributed by atoms with Crippen molar-refractivity contribution in [2.75, 3.05) is 0 Å². The fraction of sp³-hybridized carbons (Fsp3) is 0.333. The molecule has 2 heteroatoms. The van der Waals surface area contributed by atoms with Gasteiger partial charge in [-0.05, 0) is 0 Å². The van der Waals surface area contributed by atoms with Gasteiger partial charge in [0.05, 0.1) is 0 Å². The van der Waals surface area contributed by atoms with E-state index in [1.54, 1.807) is 30.3 Å². The Bertz CT molecular complexity index is 116. The zero-order valence-electron chi connectivity index (χ0n) is 4.55. The number of allylic oxidation sites excluding steroid dienone is 4. The zero-order valence-corrected chi connectivity index (χ0v) is 7.83. The molecule has 0 N–H and O–H groups in total. The van der Waals surface area contributed by atoms with Crippen molar-refractivity contribution in [3.05, 3.63) is 23.8 Å². The maximum absolute atomic E-state index is 2.22. The molecule has 0 aromatic heterocycles. The summed E-state index contributed by atoms with van der Waals surface area (Å²) in [5.74, 6) is 0. The molecule has 8 heavy (non-hydrogen) atoms. The van der Waals surface area contributed by atoms with Gasteiger partial charge in [0.15, 0.2) is 0 Å². The van der Waals surface area contributed by atoms with E-state index in [4.69, 9.17) is 0 Å². The maximum atomic E-state index is 2.22. The Morgan fingerprint density at radius 3 is 2.62 bits per heavy atom. The van der Waals surface area contributed by atoms with Gasteiger partial charge in [0.25, 0.3) is 0 Å². The summed E-state index contributed by atoms with van der Waals surface area (Å²) < 4.78 is 1.31. The predicted molar refractivity (Wildman–Crippen MR) is 33.9 cm³/mol. The van der Waals surface area contributed by atoms with Gasteiger partial charge in [-0.1, -0.05) is 0 Å². The van der Waals surface area contributed by atoms with Crippen LogP contribution >= 0.6 is 12.4 Å². The van der Waals surface area contributed by atoms with Crippen molar-refractivity contribution < 1.29 is 24.7 Å². The van der Waals surface area contributed by atoms with Crippen LogP contribution in [0.5, 0.6) is 0 Å². The summed E-state index contributed by atoms with van der Waals surface area (Å²) in [4.78, 5) is 0. The molecule has 0 radical (unpaired) electrons. The van der Waals surface area contributed by atoms with Crippen LogP contribution in [-0.4, -0.2) is 0 Å². The van der Waals surface area contributed by atoms with E-state index in [2.05, 4.69) is 18.2 Å². The van der Waals surface area contributed by atoms with E-state index in [-0.39, 0.29) is 12.4 Å². The average Bonchev–Trinajstić information content (AvgIpc) is 2.14. The van der Waals surface area contributed by atoms with Gasteiger partial charge in [-0.3, -0.25) is 0 Å². The topological polar surface area (TPSA) is 0 Å². The molecule has 1 rings (SSSR count). The first-order valence-electron chi connectivity index (χ1n) is 2.42. The van der Waals surface area contributed by atoms with Crippen LogP contribution in [0.3, 0.4) is 0 Å². The van der Waals surface area contributed by atoms with Gasteiger partial charge >= 0.3 is 59.1 Å². The van der Waals surface area contributed by atoms with Crippen molar-refractivity contribution in [3.8, 4) is 0 Å². The van der Waals surface area contributed by atoms with Crippen LogP contribution in [0.4, 0.5) is 0 Å². The first kappa shape index (κ1) is 8.65. The van der Waals surface area contributed by atoms with Crippen LogP contribution < -0.4 is 0 Å². The van der Waals surface area contributed by atoms with Crippen molar-refractivity contribution in [2.24, 2.45) is 0 Å². The summed E-state index contributed by atoms with van der Waals surface area (Å²) in [5.41, 5.74) is 1.60. The van der Waals surface area contributed by atoms with E-state index in [1.807, 2.05) is 0 Å². The van der Waals surface area contributed by atoms with Crippen LogP contribution in [0.2, 0.25) is 4.13 Å². The molecule has 0 fully saturated rings. The van der Waals surface area contributed by atoms with Crippen LogP contribution in [0.25, 0.3) is 0 Å². The normalized spacial score (nSPS) is 15.1. The second kappa shape index (κ2) is 4.52. The molecule has 1 aliphatic carbocycles. The Balaban J connectivity index is 0.000000490. The van der Waals surface area contributed by atoms with Gasteiger partial charge in [-0.2, -0.15) is 0 Å². The fourth-order valence-electron chi connectivity index (χ4n) is 0.623. The van der Waals surface area contributed by atoms with E-state index in [0.29, 0.717) is 0 Å². The van der Waals surface area contributed by atoms with Crippen molar-refractivity contribution in [1.29, 1.82) is 0 Å². The minimum absolute atomic E-state index is 0. The molecule has 0 aromatic carbocycles. The van der Waals surface area contributed by atoms with Gasteiger partial charge in [0.2, 0.25) is 0 Å². The first-order valence-corrected chi connectivity index (χ1v) is 4.16. The number of halogens is 1. The van der Waals surface area contributed by atoms with Crippen molar-refractivity contribution >= 4 is 12.4 Å². The van der Waals surface area contributed by atoms with Gasteiger partial charge in [-0.15, -0.1) is 12.4 Å². The molecule has 0 nitrogen and oxygen atoms in total. The second-order valence-electron chi connectivity index (χ2n) is 1.63. The number of hydrogen-bond donors (Lipinski definition) is 0. The molecular formula is C6H8ClZr. The van der Waals surface area contributed by atoms with E-state index in [1.165, 1.54) is 10.5 Å². The van der Waals surface area contributed by atoms with Crippen molar-refractivity contribution in [1.82, 2.24) is 0 Å². The van der Waals surface area contributed by atoms with Crippen LogP contribution in [0, 0.1) is 0 Å². The molecule has 1 aliphatic rings. The summed E-state index contributed by atoms with van der Waals surface area (Å²) in [6, 6.07) is 0. The van der Waals surface area contributed by atoms with Crippen molar-refractivity contribution in [3.63, 3.8) is 0 Å². The summed E-state index contributed by atoms with van der Waals surface area (Å²) in [6.07, 6.45) is 7.78. The third-order valence-corrected chi connectivity index (χ3v) is 2.19. The van der Waals surface area contributed by atoms with E-state index in [9.17, 15) is 0 Å². The molecule has 0 aromatic rings. The van der Waals surface area contributed by atoms with Gasteiger partial charge < -0.3 is 0 Å². The number of hydrogen-bond acceptors (Lipinski definition) is 0. The Labute approximate surface area is 71.3 Å². The Hall–Kier alpha value is 0.653. The summed E-state index contributed by atoms with van der Waals surface area (Å²) in [6.45, 7) is 0. The summed E-state index contributed by atoms with van der Waals surface area (Å²) in [5, 5.41) is 0. The molecule has 0 aliphatic heterocycles. The molecular weight excluding hydrogens is 199 g/mol. The summed E-state index contributed by atoms with van der Waals surface area (Å²) >= 11 is 1.63. The van der Waals surface area contributed by atoms with Crippen LogP contribution in [-0.2, 0) is 24.7 Å². The molecule has 0 atom stereocenters. The average molecular weight is 207 g/mol. The molecule has 0 bridgehead atoms. The van der Waals surface area contributed by atoms with E-state index in [0.717, 1.165) is 0 Å². The number of rotatable bonds is 1. The standard InChI is InChI=1S/C6H7.ClH.Zr/c1-6-4-2-3-5-6;;/h2-4H,1,5H2;1H;. The van der Waals surface area contributed by atoms with Gasteiger partial charge in [0.1, 0.15) is 0 Å². The van der Waals surface area contributed by atoms with Gasteiger partial charge in [0, 0.05) is 0 Å². The van der Waals surface area contributed by atoms with Crippen molar-refractivity contribution in [2.45, 2.75) is 10.5 Å². The minimum atomic E-state index is 0. The molecule has 0 saturated carbocycles. The van der Waals surface area contributed by atoms with Crippen LogP contribution in [0.1, 0.15) is 6.42 Å². The Morgan fingerprint density at radius 2 is 2.38 bits per heavy atom. The Kier molecular flexibility index (Phi) is 4.89. The van der Waals surface area contributed by atoms with Crippen LogP contribution in [0.15, 0.2) is 23.8 Å².